The van der Waals surface area contributed by atoms with E-state index in [1.807, 2.05) is 0 Å². The van der Waals surface area contributed by atoms with Gasteiger partial charge in [0.15, 0.2) is 0 Å². The van der Waals surface area contributed by atoms with Gasteiger partial charge in [0.1, 0.15) is 0 Å². The van der Waals surface area contributed by atoms with Crippen LogP contribution in [0, 0.1) is 40.4 Å². The van der Waals surface area contributed by atoms with E-state index in [0.717, 1.165) is 54.4 Å². The molecule has 3 saturated carbocycles. The lowest BCUT2D eigenvalue weighted by molar-refractivity contribution is -0.0571. The van der Waals surface area contributed by atoms with Crippen molar-refractivity contribution in [1.29, 1.82) is 0 Å². The zero-order valence-corrected chi connectivity index (χ0v) is 19.5. The molecular formula is C28H44O. The second-order valence-electron chi connectivity index (χ2n) is 11.8. The van der Waals surface area contributed by atoms with Crippen molar-refractivity contribution in [2.24, 2.45) is 40.4 Å². The van der Waals surface area contributed by atoms with Crippen LogP contribution < -0.4 is 0 Å². The fraction of sp³-hybridized carbons (Fsp3) is 0.786. The SMILES string of the molecule is C=C(C)C(=C)CC[C@@H](C)[C@H]1CCC2C3CC=C4C[C@@H](O)CC[C@]4(C)C3CC[C@@]21C. The molecule has 4 rings (SSSR count). The van der Waals surface area contributed by atoms with Crippen molar-refractivity contribution in [3.63, 3.8) is 0 Å². The van der Waals surface area contributed by atoms with Crippen LogP contribution in [0.25, 0.3) is 0 Å². The number of allylic oxidation sites excluding steroid dienone is 3. The highest BCUT2D eigenvalue weighted by Crippen LogP contribution is 2.67. The monoisotopic (exact) mass is 396 g/mol. The van der Waals surface area contributed by atoms with E-state index in [1.54, 1.807) is 5.57 Å². The maximum atomic E-state index is 10.2. The van der Waals surface area contributed by atoms with Gasteiger partial charge in [-0.25, -0.2) is 0 Å². The molecule has 0 aromatic carbocycles. The van der Waals surface area contributed by atoms with E-state index in [4.69, 9.17) is 0 Å². The number of rotatable bonds is 5. The molecule has 0 saturated heterocycles. The third-order valence-corrected chi connectivity index (χ3v) is 10.3. The van der Waals surface area contributed by atoms with Gasteiger partial charge in [-0.15, -0.1) is 0 Å². The van der Waals surface area contributed by atoms with Crippen molar-refractivity contribution in [2.75, 3.05) is 0 Å². The molecule has 0 aromatic rings. The molecule has 0 spiro atoms. The Kier molecular flexibility index (Phi) is 5.69. The largest absolute Gasteiger partial charge is 0.393 e. The summed E-state index contributed by atoms with van der Waals surface area (Å²) in [6.45, 7) is 18.1. The van der Waals surface area contributed by atoms with E-state index in [-0.39, 0.29) is 6.10 Å². The summed E-state index contributed by atoms with van der Waals surface area (Å²) >= 11 is 0. The van der Waals surface area contributed by atoms with Crippen molar-refractivity contribution in [3.8, 4) is 0 Å². The van der Waals surface area contributed by atoms with E-state index in [9.17, 15) is 5.11 Å². The summed E-state index contributed by atoms with van der Waals surface area (Å²) in [5, 5.41) is 10.2. The molecule has 0 aromatic heterocycles. The average molecular weight is 397 g/mol. The van der Waals surface area contributed by atoms with Gasteiger partial charge in [0.05, 0.1) is 6.10 Å². The predicted octanol–water partition coefficient (Wildman–Crippen LogP) is 7.47. The topological polar surface area (TPSA) is 20.2 Å². The number of hydrogen-bond acceptors (Lipinski definition) is 1. The number of fused-ring (bicyclic) bond motifs is 5. The highest BCUT2D eigenvalue weighted by atomic mass is 16.3. The summed E-state index contributed by atoms with van der Waals surface area (Å²) in [5.74, 6) is 4.29. The lowest BCUT2D eigenvalue weighted by atomic mass is 9.47. The van der Waals surface area contributed by atoms with E-state index < -0.39 is 0 Å². The van der Waals surface area contributed by atoms with E-state index in [1.165, 1.54) is 50.5 Å². The first-order valence-corrected chi connectivity index (χ1v) is 12.4. The molecule has 1 heteroatoms. The summed E-state index contributed by atoms with van der Waals surface area (Å²) in [6.07, 6.45) is 15.0. The fourth-order valence-electron chi connectivity index (χ4n) is 8.43. The Morgan fingerprint density at radius 1 is 1.14 bits per heavy atom. The minimum Gasteiger partial charge on any atom is -0.393 e. The van der Waals surface area contributed by atoms with Gasteiger partial charge in [0.2, 0.25) is 0 Å². The summed E-state index contributed by atoms with van der Waals surface area (Å²) in [6, 6.07) is 0. The summed E-state index contributed by atoms with van der Waals surface area (Å²) in [7, 11) is 0. The zero-order chi connectivity index (χ0) is 21.0. The van der Waals surface area contributed by atoms with Crippen molar-refractivity contribution >= 4 is 0 Å². The van der Waals surface area contributed by atoms with Gasteiger partial charge in [0, 0.05) is 0 Å². The normalized spacial score (nSPS) is 44.9. The first-order valence-electron chi connectivity index (χ1n) is 12.4. The fourth-order valence-corrected chi connectivity index (χ4v) is 8.43. The molecule has 0 bridgehead atoms. The molecule has 29 heavy (non-hydrogen) atoms. The quantitative estimate of drug-likeness (QED) is 0.377. The summed E-state index contributed by atoms with van der Waals surface area (Å²) < 4.78 is 0. The van der Waals surface area contributed by atoms with Crippen LogP contribution in [0.3, 0.4) is 0 Å². The second-order valence-corrected chi connectivity index (χ2v) is 11.8. The second kappa shape index (κ2) is 7.70. The third kappa shape index (κ3) is 3.50. The molecule has 0 heterocycles. The van der Waals surface area contributed by atoms with Crippen LogP contribution in [0.1, 0.15) is 91.9 Å². The minimum atomic E-state index is -0.0922. The summed E-state index contributed by atoms with van der Waals surface area (Å²) in [4.78, 5) is 0. The van der Waals surface area contributed by atoms with Crippen molar-refractivity contribution in [2.45, 2.75) is 98.0 Å². The molecule has 0 amide bonds. The maximum Gasteiger partial charge on any atom is 0.0577 e. The molecular weight excluding hydrogens is 352 g/mol. The molecule has 4 aliphatic rings. The lowest BCUT2D eigenvalue weighted by Crippen LogP contribution is -2.50. The molecule has 3 fully saturated rings. The van der Waals surface area contributed by atoms with Crippen LogP contribution in [0.4, 0.5) is 0 Å². The van der Waals surface area contributed by atoms with Crippen LogP contribution in [0.5, 0.6) is 0 Å². The molecule has 1 N–H and O–H groups in total. The standard InChI is InChI=1S/C28H44O/c1-18(2)19(3)7-8-20(4)24-11-12-25-23-10-9-21-17-22(29)13-15-27(21,5)26(23)14-16-28(24,25)6/h9,20,22-26,29H,1,3,7-8,10-17H2,2,4-6H3/t20-,22+,23?,24-,25?,26?,27+,28-/m1/s1. The Labute approximate surface area is 179 Å². The van der Waals surface area contributed by atoms with E-state index in [0.29, 0.717) is 10.8 Å². The van der Waals surface area contributed by atoms with Gasteiger partial charge in [-0.05, 0) is 112 Å². The Bertz CT molecular complexity index is 701. The van der Waals surface area contributed by atoms with Crippen LogP contribution >= 0.6 is 0 Å². The molecule has 8 atom stereocenters. The number of aliphatic hydroxyl groups excluding tert-OH is 1. The molecule has 162 valence electrons. The Balaban J connectivity index is 1.50. The van der Waals surface area contributed by atoms with Crippen molar-refractivity contribution in [1.82, 2.24) is 0 Å². The molecule has 3 unspecified atom stereocenters. The number of hydrogen-bond donors (Lipinski definition) is 1. The lowest BCUT2D eigenvalue weighted by Gasteiger charge is -2.58. The van der Waals surface area contributed by atoms with Crippen LogP contribution in [-0.4, -0.2) is 11.2 Å². The maximum absolute atomic E-state index is 10.2. The Morgan fingerprint density at radius 3 is 2.62 bits per heavy atom. The molecule has 1 nitrogen and oxygen atoms in total. The predicted molar refractivity (Wildman–Crippen MR) is 124 cm³/mol. The smallest absolute Gasteiger partial charge is 0.0577 e. The first-order chi connectivity index (χ1) is 13.7. The van der Waals surface area contributed by atoms with Gasteiger partial charge in [-0.3, -0.25) is 0 Å². The van der Waals surface area contributed by atoms with Crippen LogP contribution in [0.2, 0.25) is 0 Å². The number of aliphatic hydroxyl groups is 1. The van der Waals surface area contributed by atoms with Crippen LogP contribution in [0.15, 0.2) is 36.0 Å². The third-order valence-electron chi connectivity index (χ3n) is 10.3. The molecule has 4 aliphatic carbocycles. The highest BCUT2D eigenvalue weighted by Gasteiger charge is 2.59. The van der Waals surface area contributed by atoms with E-state index in [2.05, 4.69) is 46.9 Å². The first kappa shape index (κ1) is 21.4. The van der Waals surface area contributed by atoms with Crippen molar-refractivity contribution < 1.29 is 5.11 Å². The van der Waals surface area contributed by atoms with E-state index >= 15 is 0 Å². The van der Waals surface area contributed by atoms with Gasteiger partial charge >= 0.3 is 0 Å². The highest BCUT2D eigenvalue weighted by molar-refractivity contribution is 5.25. The minimum absolute atomic E-state index is 0.0922. The van der Waals surface area contributed by atoms with Crippen LogP contribution in [-0.2, 0) is 0 Å². The van der Waals surface area contributed by atoms with Gasteiger partial charge in [-0.2, -0.15) is 0 Å². The Hall–Kier alpha value is -0.820. The summed E-state index contributed by atoms with van der Waals surface area (Å²) in [5.41, 5.74) is 4.90. The van der Waals surface area contributed by atoms with Gasteiger partial charge < -0.3 is 5.11 Å². The van der Waals surface area contributed by atoms with Crippen molar-refractivity contribution in [3.05, 3.63) is 36.0 Å². The zero-order valence-electron chi connectivity index (χ0n) is 19.5. The Morgan fingerprint density at radius 2 is 1.90 bits per heavy atom. The van der Waals surface area contributed by atoms with Gasteiger partial charge in [-0.1, -0.05) is 56.7 Å². The van der Waals surface area contributed by atoms with Gasteiger partial charge in [0.25, 0.3) is 0 Å². The average Bonchev–Trinajstić information content (AvgIpc) is 3.03. The molecule has 0 radical (unpaired) electrons. The molecule has 0 aliphatic heterocycles.